The van der Waals surface area contributed by atoms with E-state index in [9.17, 15) is 0 Å². The molecule has 0 heterocycles. The molecule has 0 N–H and O–H groups in total. The third-order valence-corrected chi connectivity index (χ3v) is 23.9. The fraction of sp³-hybridized carbons (Fsp3) is 1.00. The van der Waals surface area contributed by atoms with Crippen LogP contribution in [0.25, 0.3) is 0 Å². The van der Waals surface area contributed by atoms with Gasteiger partial charge in [0.25, 0.3) is 0 Å². The standard InChI is InChI=1S/C6H16Cl4GeOSi2/c1-13(2,5-7)12-14(3,4)6-11(8,9)10/h5-6H2,1-4H3. The molecule has 0 unspecified atom stereocenters. The predicted molar refractivity (Wildman–Crippen MR) is 74.9 cm³/mol. The molecular weight excluding hydrogens is 359 g/mol. The SMILES string of the molecule is C[Si](C)(CCl)O[Si](C)(C)[CH2][Ge]([Cl])([Cl])[Cl]. The van der Waals surface area contributed by atoms with Gasteiger partial charge in [-0.25, -0.2) is 0 Å². The molecule has 0 aliphatic heterocycles. The maximum atomic E-state index is 6.09. The first-order valence-corrected chi connectivity index (χ1v) is 20.8. The summed E-state index contributed by atoms with van der Waals surface area (Å²) in [6.07, 6.45) is 0. The Kier molecular flexibility index (Phi) is 6.47. The van der Waals surface area contributed by atoms with Crippen molar-refractivity contribution in [3.8, 4) is 0 Å². The summed E-state index contributed by atoms with van der Waals surface area (Å²) < 4.78 is 6.09. The van der Waals surface area contributed by atoms with E-state index in [1.165, 1.54) is 0 Å². The topological polar surface area (TPSA) is 9.23 Å². The zero-order chi connectivity index (χ0) is 11.6. The second-order valence-electron chi connectivity index (χ2n) is 4.55. The summed E-state index contributed by atoms with van der Waals surface area (Å²) in [7, 11) is 11.2. The van der Waals surface area contributed by atoms with Crippen LogP contribution in [0.4, 0.5) is 0 Å². The number of hydrogen-bond acceptors (Lipinski definition) is 1. The first-order valence-electron chi connectivity index (χ1n) is 4.30. The molecule has 14 heavy (non-hydrogen) atoms. The molecule has 0 rings (SSSR count). The summed E-state index contributed by atoms with van der Waals surface area (Å²) >= 11 is 5.85. The summed E-state index contributed by atoms with van der Waals surface area (Å²) in [6.45, 7) is 8.39. The van der Waals surface area contributed by atoms with Gasteiger partial charge in [0.05, 0.1) is 0 Å². The average molecular weight is 375 g/mol. The van der Waals surface area contributed by atoms with Crippen LogP contribution < -0.4 is 0 Å². The Bertz CT molecular complexity index is 195. The summed E-state index contributed by atoms with van der Waals surface area (Å²) in [4.78, 5) is 0.686. The second kappa shape index (κ2) is 5.62. The van der Waals surface area contributed by atoms with Crippen molar-refractivity contribution in [2.24, 2.45) is 0 Å². The van der Waals surface area contributed by atoms with Gasteiger partial charge in [0.2, 0.25) is 0 Å². The van der Waals surface area contributed by atoms with E-state index in [2.05, 4.69) is 26.2 Å². The van der Waals surface area contributed by atoms with E-state index in [-0.39, 0.29) is 0 Å². The Morgan fingerprint density at radius 1 is 1.00 bits per heavy atom. The molecule has 0 spiro atoms. The fourth-order valence-electron chi connectivity index (χ4n) is 1.29. The van der Waals surface area contributed by atoms with Crippen LogP contribution in [0.5, 0.6) is 0 Å². The van der Waals surface area contributed by atoms with Crippen molar-refractivity contribution >= 4 is 68.7 Å². The van der Waals surface area contributed by atoms with Crippen molar-refractivity contribution in [3.05, 3.63) is 0 Å². The van der Waals surface area contributed by atoms with Crippen LogP contribution >= 0.6 is 41.6 Å². The minimum atomic E-state index is -3.05. The van der Waals surface area contributed by atoms with Crippen LogP contribution in [0, 0.1) is 0 Å². The Hall–Kier alpha value is 2.10. The Morgan fingerprint density at radius 3 is 1.71 bits per heavy atom. The van der Waals surface area contributed by atoms with E-state index in [1.54, 1.807) is 0 Å². The molecule has 8 heteroatoms. The second-order valence-corrected chi connectivity index (χ2v) is 31.7. The molecule has 0 radical (unpaired) electrons. The van der Waals surface area contributed by atoms with Gasteiger partial charge in [0.15, 0.2) is 0 Å². The van der Waals surface area contributed by atoms with E-state index in [0.29, 0.717) is 10.4 Å². The molecule has 0 atom stereocenters. The summed E-state index contributed by atoms with van der Waals surface area (Å²) in [5.74, 6) is 0. The van der Waals surface area contributed by atoms with Crippen LogP contribution in [0.1, 0.15) is 0 Å². The van der Waals surface area contributed by atoms with Gasteiger partial charge in [-0.1, -0.05) is 0 Å². The molecule has 0 aliphatic carbocycles. The maximum absolute atomic E-state index is 6.09. The third kappa shape index (κ3) is 8.27. The fourth-order valence-corrected chi connectivity index (χ4v) is 31.7. The van der Waals surface area contributed by atoms with Crippen molar-refractivity contribution in [2.75, 3.05) is 5.50 Å². The molecule has 0 saturated carbocycles. The molecular formula is C6H16Cl4GeOSi2. The predicted octanol–water partition coefficient (Wildman–Crippen LogP) is 4.39. The molecule has 0 aliphatic rings. The van der Waals surface area contributed by atoms with E-state index in [0.717, 1.165) is 0 Å². The van der Waals surface area contributed by atoms with Crippen molar-refractivity contribution < 1.29 is 4.12 Å². The quantitative estimate of drug-likeness (QED) is 0.512. The Labute approximate surface area is 109 Å². The minimum absolute atomic E-state index is 0.594. The molecule has 0 saturated heterocycles. The van der Waals surface area contributed by atoms with Crippen LogP contribution in [-0.4, -0.2) is 32.6 Å². The summed E-state index contributed by atoms with van der Waals surface area (Å²) in [5, 5.41) is 0. The van der Waals surface area contributed by atoms with Crippen LogP contribution in [0.3, 0.4) is 0 Å². The van der Waals surface area contributed by atoms with Gasteiger partial charge in [-0.05, 0) is 0 Å². The van der Waals surface area contributed by atoms with Crippen molar-refractivity contribution in [2.45, 2.75) is 31.1 Å². The zero-order valence-electron chi connectivity index (χ0n) is 8.83. The molecule has 0 aromatic heterocycles. The van der Waals surface area contributed by atoms with Crippen molar-refractivity contribution in [3.63, 3.8) is 0 Å². The molecule has 0 amide bonds. The van der Waals surface area contributed by atoms with E-state index in [4.69, 9.17) is 45.7 Å². The van der Waals surface area contributed by atoms with Crippen LogP contribution in [0.15, 0.2) is 0 Å². The van der Waals surface area contributed by atoms with Crippen LogP contribution in [-0.2, 0) is 4.12 Å². The van der Waals surface area contributed by atoms with E-state index >= 15 is 0 Å². The zero-order valence-corrected chi connectivity index (χ0v) is 16.0. The van der Waals surface area contributed by atoms with Crippen LogP contribution in [0.2, 0.25) is 31.1 Å². The van der Waals surface area contributed by atoms with Crippen molar-refractivity contribution in [1.29, 1.82) is 0 Å². The van der Waals surface area contributed by atoms with Gasteiger partial charge in [-0.2, -0.15) is 0 Å². The van der Waals surface area contributed by atoms with E-state index in [1.807, 2.05) is 0 Å². The van der Waals surface area contributed by atoms with Gasteiger partial charge < -0.3 is 0 Å². The van der Waals surface area contributed by atoms with Gasteiger partial charge in [0.1, 0.15) is 0 Å². The van der Waals surface area contributed by atoms with E-state index < -0.39 is 27.1 Å². The number of alkyl halides is 1. The number of hydrogen-bond donors (Lipinski definition) is 0. The molecule has 0 aromatic rings. The number of rotatable bonds is 5. The number of halogens is 4. The first-order chi connectivity index (χ1) is 5.97. The van der Waals surface area contributed by atoms with Crippen molar-refractivity contribution in [1.82, 2.24) is 0 Å². The molecule has 0 bridgehead atoms. The normalized spacial score (nSPS) is 14.6. The molecule has 0 aromatic carbocycles. The molecule has 0 fully saturated rings. The van der Waals surface area contributed by atoms with Gasteiger partial charge >= 0.3 is 109 Å². The van der Waals surface area contributed by atoms with Gasteiger partial charge in [-0.3, -0.25) is 0 Å². The average Bonchev–Trinajstić information content (AvgIpc) is 1.78. The monoisotopic (exact) mass is 374 g/mol. The Morgan fingerprint density at radius 2 is 1.43 bits per heavy atom. The Balaban J connectivity index is 4.35. The molecule has 86 valence electrons. The van der Waals surface area contributed by atoms with Gasteiger partial charge in [-0.15, -0.1) is 0 Å². The summed E-state index contributed by atoms with van der Waals surface area (Å²) in [5.41, 5.74) is 0.594. The van der Waals surface area contributed by atoms with Gasteiger partial charge in [0, 0.05) is 0 Å². The third-order valence-electron chi connectivity index (χ3n) is 1.50. The first kappa shape index (κ1) is 16.1. The summed E-state index contributed by atoms with van der Waals surface area (Å²) in [6, 6.07) is 0. The molecule has 1 nitrogen and oxygen atoms in total.